The first kappa shape index (κ1) is 17.8. The largest absolute Gasteiger partial charge is 0.392 e. The van der Waals surface area contributed by atoms with E-state index in [1.165, 1.54) is 5.56 Å². The highest BCUT2D eigenvalue weighted by Gasteiger charge is 2.31. The van der Waals surface area contributed by atoms with Crippen molar-refractivity contribution in [3.63, 3.8) is 0 Å². The highest BCUT2D eigenvalue weighted by molar-refractivity contribution is 5.74. The minimum Gasteiger partial charge on any atom is -0.392 e. The number of carbonyl (C=O) groups is 1. The first-order valence-corrected chi connectivity index (χ1v) is 8.51. The van der Waals surface area contributed by atoms with Gasteiger partial charge in [0.15, 0.2) is 0 Å². The van der Waals surface area contributed by atoms with Crippen LogP contribution in [0.4, 0.5) is 4.79 Å². The molecule has 23 heavy (non-hydrogen) atoms. The Kier molecular flexibility index (Phi) is 6.42. The second kappa shape index (κ2) is 8.31. The van der Waals surface area contributed by atoms with E-state index in [4.69, 9.17) is 0 Å². The third kappa shape index (κ3) is 4.94. The average Bonchev–Trinajstić information content (AvgIpc) is 2.86. The second-order valence-corrected chi connectivity index (χ2v) is 6.52. The number of hydrogen-bond donors (Lipinski definition) is 2. The van der Waals surface area contributed by atoms with Gasteiger partial charge in [-0.2, -0.15) is 0 Å². The third-order valence-electron chi connectivity index (χ3n) is 4.45. The molecule has 1 aromatic rings. The molecule has 5 nitrogen and oxygen atoms in total. The minimum absolute atomic E-state index is 0.0245. The molecule has 1 heterocycles. The van der Waals surface area contributed by atoms with Crippen molar-refractivity contribution in [2.24, 2.45) is 0 Å². The van der Waals surface area contributed by atoms with Crippen LogP contribution in [0.1, 0.15) is 32.8 Å². The zero-order chi connectivity index (χ0) is 16.8. The Morgan fingerprint density at radius 1 is 1.39 bits per heavy atom. The molecule has 1 aromatic carbocycles. The molecule has 0 aliphatic carbocycles. The lowest BCUT2D eigenvalue weighted by Gasteiger charge is -2.28. The maximum Gasteiger partial charge on any atom is 0.317 e. The molecule has 1 aliphatic heterocycles. The minimum atomic E-state index is -0.312. The van der Waals surface area contributed by atoms with Crippen molar-refractivity contribution in [2.75, 3.05) is 19.6 Å². The molecule has 0 spiro atoms. The van der Waals surface area contributed by atoms with Gasteiger partial charge in [-0.25, -0.2) is 4.79 Å². The summed E-state index contributed by atoms with van der Waals surface area (Å²) in [6.07, 6.45) is 0.397. The molecule has 0 radical (unpaired) electrons. The third-order valence-corrected chi connectivity index (χ3v) is 4.45. The summed E-state index contributed by atoms with van der Waals surface area (Å²) in [5, 5.41) is 13.0. The quantitative estimate of drug-likeness (QED) is 0.844. The lowest BCUT2D eigenvalue weighted by Crippen LogP contribution is -2.47. The Morgan fingerprint density at radius 3 is 2.70 bits per heavy atom. The number of carbonyl (C=O) groups excluding carboxylic acids is 1. The molecule has 2 rings (SSSR count). The topological polar surface area (TPSA) is 55.8 Å². The molecule has 0 unspecified atom stereocenters. The van der Waals surface area contributed by atoms with Crippen molar-refractivity contribution in [3.8, 4) is 0 Å². The first-order valence-electron chi connectivity index (χ1n) is 8.51. The molecule has 2 amide bonds. The zero-order valence-electron chi connectivity index (χ0n) is 14.4. The van der Waals surface area contributed by atoms with Gasteiger partial charge in [0.2, 0.25) is 0 Å². The van der Waals surface area contributed by atoms with Gasteiger partial charge in [0.25, 0.3) is 0 Å². The van der Waals surface area contributed by atoms with E-state index < -0.39 is 0 Å². The first-order chi connectivity index (χ1) is 11.0. The van der Waals surface area contributed by atoms with Gasteiger partial charge in [0.1, 0.15) is 0 Å². The van der Waals surface area contributed by atoms with Crippen LogP contribution >= 0.6 is 0 Å². The number of aliphatic hydroxyl groups excluding tert-OH is 1. The van der Waals surface area contributed by atoms with Gasteiger partial charge < -0.3 is 15.3 Å². The Labute approximate surface area is 139 Å². The Hall–Kier alpha value is -1.59. The van der Waals surface area contributed by atoms with Crippen molar-refractivity contribution >= 4 is 6.03 Å². The molecular formula is C18H29N3O2. The molecule has 1 saturated heterocycles. The molecule has 0 saturated carbocycles. The Morgan fingerprint density at radius 2 is 2.09 bits per heavy atom. The van der Waals surface area contributed by atoms with E-state index in [1.54, 1.807) is 0 Å². The van der Waals surface area contributed by atoms with Gasteiger partial charge in [-0.05, 0) is 32.8 Å². The van der Waals surface area contributed by atoms with E-state index in [9.17, 15) is 9.90 Å². The van der Waals surface area contributed by atoms with E-state index in [0.29, 0.717) is 26.1 Å². The summed E-state index contributed by atoms with van der Waals surface area (Å²) in [7, 11) is 0. The van der Waals surface area contributed by atoms with Crippen molar-refractivity contribution in [1.29, 1.82) is 0 Å². The molecule has 0 aromatic heterocycles. The fourth-order valence-corrected chi connectivity index (χ4v) is 3.23. The maximum atomic E-state index is 12.3. The number of amides is 2. The number of aliphatic hydroxyl groups is 1. The van der Waals surface area contributed by atoms with Crippen LogP contribution in [0.2, 0.25) is 0 Å². The molecule has 2 atom stereocenters. The van der Waals surface area contributed by atoms with E-state index in [-0.39, 0.29) is 24.2 Å². The number of nitrogens with zero attached hydrogens (tertiary/aromatic N) is 2. The SMILES string of the molecule is CCN(C(=O)NC[C@H]1C[C@@H](O)CN1Cc1ccccc1)C(C)C. The van der Waals surface area contributed by atoms with Crippen LogP contribution < -0.4 is 5.32 Å². The summed E-state index contributed by atoms with van der Waals surface area (Å²) < 4.78 is 0. The summed E-state index contributed by atoms with van der Waals surface area (Å²) in [4.78, 5) is 16.3. The van der Waals surface area contributed by atoms with Gasteiger partial charge in [-0.3, -0.25) is 4.90 Å². The number of benzene rings is 1. The van der Waals surface area contributed by atoms with Crippen molar-refractivity contribution < 1.29 is 9.90 Å². The summed E-state index contributed by atoms with van der Waals surface area (Å²) in [5.74, 6) is 0. The lowest BCUT2D eigenvalue weighted by atomic mass is 10.1. The van der Waals surface area contributed by atoms with Gasteiger partial charge in [0, 0.05) is 38.3 Å². The monoisotopic (exact) mass is 319 g/mol. The number of hydrogen-bond acceptors (Lipinski definition) is 3. The van der Waals surface area contributed by atoms with Crippen LogP contribution in [-0.4, -0.2) is 58.8 Å². The molecule has 128 valence electrons. The van der Waals surface area contributed by atoms with Crippen LogP contribution in [-0.2, 0) is 6.54 Å². The van der Waals surface area contributed by atoms with Crippen molar-refractivity contribution in [3.05, 3.63) is 35.9 Å². The maximum absolute atomic E-state index is 12.3. The van der Waals surface area contributed by atoms with E-state index >= 15 is 0 Å². The van der Waals surface area contributed by atoms with Crippen LogP contribution in [0.15, 0.2) is 30.3 Å². The van der Waals surface area contributed by atoms with Crippen molar-refractivity contribution in [1.82, 2.24) is 15.1 Å². The van der Waals surface area contributed by atoms with Crippen LogP contribution in [0.25, 0.3) is 0 Å². The molecule has 0 bridgehead atoms. The average molecular weight is 319 g/mol. The lowest BCUT2D eigenvalue weighted by molar-refractivity contribution is 0.170. The van der Waals surface area contributed by atoms with Crippen LogP contribution in [0.3, 0.4) is 0 Å². The van der Waals surface area contributed by atoms with Crippen molar-refractivity contribution in [2.45, 2.75) is 51.9 Å². The fraction of sp³-hybridized carbons (Fsp3) is 0.611. The molecular weight excluding hydrogens is 290 g/mol. The number of likely N-dealkylation sites (tertiary alicyclic amines) is 1. The standard InChI is InChI=1S/C18H29N3O2/c1-4-21(14(2)3)18(23)19-11-16-10-17(22)13-20(16)12-15-8-6-5-7-9-15/h5-9,14,16-17,22H,4,10-13H2,1-3H3,(H,19,23)/t16-,17-/m1/s1. The second-order valence-electron chi connectivity index (χ2n) is 6.52. The predicted octanol–water partition coefficient (Wildman–Crippen LogP) is 2.06. The van der Waals surface area contributed by atoms with Gasteiger partial charge >= 0.3 is 6.03 Å². The summed E-state index contributed by atoms with van der Waals surface area (Å²) >= 11 is 0. The number of β-amino-alcohol motifs (C(OH)–C–C–N with tert-alkyl or cyclic N) is 1. The molecule has 1 aliphatic rings. The van der Waals surface area contributed by atoms with Crippen LogP contribution in [0.5, 0.6) is 0 Å². The predicted molar refractivity (Wildman–Crippen MR) is 92.2 cm³/mol. The fourth-order valence-electron chi connectivity index (χ4n) is 3.23. The highest BCUT2D eigenvalue weighted by atomic mass is 16.3. The highest BCUT2D eigenvalue weighted by Crippen LogP contribution is 2.20. The number of urea groups is 1. The molecule has 1 fully saturated rings. The number of rotatable bonds is 6. The summed E-state index contributed by atoms with van der Waals surface area (Å²) in [6.45, 7) is 8.77. The summed E-state index contributed by atoms with van der Waals surface area (Å²) in [6, 6.07) is 10.6. The molecule has 2 N–H and O–H groups in total. The zero-order valence-corrected chi connectivity index (χ0v) is 14.4. The molecule has 5 heteroatoms. The van der Waals surface area contributed by atoms with E-state index in [0.717, 1.165) is 6.54 Å². The Bertz CT molecular complexity index is 492. The summed E-state index contributed by atoms with van der Waals surface area (Å²) in [5.41, 5.74) is 1.23. The van der Waals surface area contributed by atoms with E-state index in [1.807, 2.05) is 43.9 Å². The Balaban J connectivity index is 1.91. The smallest absolute Gasteiger partial charge is 0.317 e. The number of nitrogens with one attached hydrogen (secondary N) is 1. The van der Waals surface area contributed by atoms with Gasteiger partial charge in [0.05, 0.1) is 6.10 Å². The van der Waals surface area contributed by atoms with Crippen LogP contribution in [0, 0.1) is 0 Å². The van der Waals surface area contributed by atoms with E-state index in [2.05, 4.69) is 22.3 Å². The van der Waals surface area contributed by atoms with Gasteiger partial charge in [-0.15, -0.1) is 0 Å². The van der Waals surface area contributed by atoms with Gasteiger partial charge in [-0.1, -0.05) is 30.3 Å². The normalized spacial score (nSPS) is 21.6.